The predicted molar refractivity (Wildman–Crippen MR) is 74.5 cm³/mol. The zero-order valence-corrected chi connectivity index (χ0v) is 11.4. The molecule has 0 saturated carbocycles. The molecular weight excluding hydrogens is 313 g/mol. The Balaban J connectivity index is 2.30. The van der Waals surface area contributed by atoms with Crippen molar-refractivity contribution in [2.24, 2.45) is 0 Å². The standard InChI is InChI=1S/C14H11BrFNO2/c15-11-7-6-9(8-12(11)16)13(14(18)19)17-10-4-2-1-3-5-10/h1-8,13,17H,(H,18,19). The molecule has 19 heavy (non-hydrogen) atoms. The molecule has 0 bridgehead atoms. The van der Waals surface area contributed by atoms with Crippen LogP contribution in [0.25, 0.3) is 0 Å². The van der Waals surface area contributed by atoms with Crippen molar-refractivity contribution in [1.82, 2.24) is 0 Å². The largest absolute Gasteiger partial charge is 0.479 e. The van der Waals surface area contributed by atoms with E-state index in [1.807, 2.05) is 6.07 Å². The van der Waals surface area contributed by atoms with Crippen LogP contribution in [0.3, 0.4) is 0 Å². The van der Waals surface area contributed by atoms with Crippen LogP contribution in [0.1, 0.15) is 11.6 Å². The maximum atomic E-state index is 13.5. The van der Waals surface area contributed by atoms with Gasteiger partial charge >= 0.3 is 5.97 Å². The van der Waals surface area contributed by atoms with Crippen LogP contribution in [0.2, 0.25) is 0 Å². The van der Waals surface area contributed by atoms with Crippen molar-refractivity contribution in [3.8, 4) is 0 Å². The summed E-state index contributed by atoms with van der Waals surface area (Å²) >= 11 is 3.04. The van der Waals surface area contributed by atoms with E-state index in [0.717, 1.165) is 0 Å². The molecule has 0 spiro atoms. The third kappa shape index (κ3) is 3.32. The van der Waals surface area contributed by atoms with Crippen LogP contribution in [0.4, 0.5) is 10.1 Å². The summed E-state index contributed by atoms with van der Waals surface area (Å²) in [6.45, 7) is 0. The van der Waals surface area contributed by atoms with Crippen molar-refractivity contribution < 1.29 is 14.3 Å². The summed E-state index contributed by atoms with van der Waals surface area (Å²) in [4.78, 5) is 11.3. The molecule has 2 aromatic carbocycles. The van der Waals surface area contributed by atoms with Gasteiger partial charge in [0.15, 0.2) is 6.04 Å². The molecule has 98 valence electrons. The second-order valence-corrected chi connectivity index (χ2v) is 4.81. The first-order valence-corrected chi connectivity index (χ1v) is 6.36. The number of carbonyl (C=O) groups is 1. The van der Waals surface area contributed by atoms with Gasteiger partial charge in [-0.3, -0.25) is 0 Å². The van der Waals surface area contributed by atoms with Crippen molar-refractivity contribution in [1.29, 1.82) is 0 Å². The van der Waals surface area contributed by atoms with E-state index < -0.39 is 17.8 Å². The fourth-order valence-corrected chi connectivity index (χ4v) is 1.93. The van der Waals surface area contributed by atoms with Crippen LogP contribution in [0.5, 0.6) is 0 Å². The number of hydrogen-bond acceptors (Lipinski definition) is 2. The number of aliphatic carboxylic acids is 1. The van der Waals surface area contributed by atoms with Crippen molar-refractivity contribution in [3.63, 3.8) is 0 Å². The van der Waals surface area contributed by atoms with Gasteiger partial charge in [0.25, 0.3) is 0 Å². The first kappa shape index (κ1) is 13.5. The van der Waals surface area contributed by atoms with Gasteiger partial charge < -0.3 is 10.4 Å². The Kier molecular flexibility index (Phi) is 4.16. The van der Waals surface area contributed by atoms with Crippen molar-refractivity contribution >= 4 is 27.6 Å². The minimum atomic E-state index is -1.06. The van der Waals surface area contributed by atoms with Crippen LogP contribution in [-0.4, -0.2) is 11.1 Å². The van der Waals surface area contributed by atoms with Crippen molar-refractivity contribution in [2.45, 2.75) is 6.04 Å². The van der Waals surface area contributed by atoms with Gasteiger partial charge in [0.1, 0.15) is 5.82 Å². The van der Waals surface area contributed by atoms with Gasteiger partial charge in [-0.25, -0.2) is 9.18 Å². The molecule has 0 heterocycles. The second-order valence-electron chi connectivity index (χ2n) is 3.96. The van der Waals surface area contributed by atoms with E-state index in [1.165, 1.54) is 12.1 Å². The van der Waals surface area contributed by atoms with E-state index in [-0.39, 0.29) is 0 Å². The number of carboxylic acids is 1. The third-order valence-corrected chi connectivity index (χ3v) is 3.25. The van der Waals surface area contributed by atoms with Crippen LogP contribution in [-0.2, 0) is 4.79 Å². The summed E-state index contributed by atoms with van der Waals surface area (Å²) in [7, 11) is 0. The lowest BCUT2D eigenvalue weighted by molar-refractivity contribution is -0.138. The molecule has 5 heteroatoms. The summed E-state index contributed by atoms with van der Waals surface area (Å²) < 4.78 is 13.8. The summed E-state index contributed by atoms with van der Waals surface area (Å²) in [5.74, 6) is -1.55. The normalized spacial score (nSPS) is 11.9. The first-order chi connectivity index (χ1) is 9.08. The van der Waals surface area contributed by atoms with Gasteiger partial charge in [0, 0.05) is 5.69 Å². The van der Waals surface area contributed by atoms with E-state index >= 15 is 0 Å². The van der Waals surface area contributed by atoms with E-state index in [2.05, 4.69) is 21.2 Å². The summed E-state index contributed by atoms with van der Waals surface area (Å²) in [5.41, 5.74) is 1.02. The smallest absolute Gasteiger partial charge is 0.330 e. The number of hydrogen-bond donors (Lipinski definition) is 2. The first-order valence-electron chi connectivity index (χ1n) is 5.57. The Hall–Kier alpha value is -1.88. The van der Waals surface area contributed by atoms with Crippen LogP contribution in [0.15, 0.2) is 53.0 Å². The Morgan fingerprint density at radius 2 is 1.89 bits per heavy atom. The molecule has 2 N–H and O–H groups in total. The summed E-state index contributed by atoms with van der Waals surface area (Å²) in [6, 6.07) is 12.2. The number of nitrogens with one attached hydrogen (secondary N) is 1. The van der Waals surface area contributed by atoms with Gasteiger partial charge in [-0.15, -0.1) is 0 Å². The number of anilines is 1. The monoisotopic (exact) mass is 323 g/mol. The number of benzene rings is 2. The molecule has 2 aromatic rings. The van der Waals surface area contributed by atoms with Gasteiger partial charge in [0.2, 0.25) is 0 Å². The summed E-state index contributed by atoms with van der Waals surface area (Å²) in [5, 5.41) is 12.1. The molecule has 0 radical (unpaired) electrons. The second kappa shape index (κ2) is 5.84. The predicted octanol–water partition coefficient (Wildman–Crippen LogP) is 3.83. The Labute approximate surface area is 118 Å². The van der Waals surface area contributed by atoms with Crippen molar-refractivity contribution in [3.05, 3.63) is 64.4 Å². The summed E-state index contributed by atoms with van der Waals surface area (Å²) in [6.07, 6.45) is 0. The lowest BCUT2D eigenvalue weighted by Gasteiger charge is -2.16. The van der Waals surface area contributed by atoms with E-state index in [1.54, 1.807) is 30.3 Å². The van der Waals surface area contributed by atoms with Crippen LogP contribution < -0.4 is 5.32 Å². The molecule has 0 aliphatic rings. The highest BCUT2D eigenvalue weighted by Crippen LogP contribution is 2.24. The zero-order chi connectivity index (χ0) is 13.8. The van der Waals surface area contributed by atoms with E-state index in [0.29, 0.717) is 15.7 Å². The number of carboxylic acid groups (broad SMARTS) is 1. The Morgan fingerprint density at radius 3 is 2.47 bits per heavy atom. The molecule has 3 nitrogen and oxygen atoms in total. The Bertz CT molecular complexity index is 589. The fraction of sp³-hybridized carbons (Fsp3) is 0.0714. The quantitative estimate of drug-likeness (QED) is 0.899. The molecule has 0 aliphatic heterocycles. The minimum Gasteiger partial charge on any atom is -0.479 e. The molecule has 0 amide bonds. The lowest BCUT2D eigenvalue weighted by Crippen LogP contribution is -2.20. The van der Waals surface area contributed by atoms with Crippen molar-refractivity contribution in [2.75, 3.05) is 5.32 Å². The fourth-order valence-electron chi connectivity index (χ4n) is 1.68. The molecule has 0 fully saturated rings. The molecular formula is C14H11BrFNO2. The van der Waals surface area contributed by atoms with Gasteiger partial charge in [-0.05, 0) is 45.8 Å². The number of halogens is 2. The molecule has 0 aromatic heterocycles. The highest BCUT2D eigenvalue weighted by Gasteiger charge is 2.20. The van der Waals surface area contributed by atoms with E-state index in [9.17, 15) is 14.3 Å². The number of rotatable bonds is 4. The maximum absolute atomic E-state index is 13.5. The average Bonchev–Trinajstić information content (AvgIpc) is 2.40. The van der Waals surface area contributed by atoms with Gasteiger partial charge in [0.05, 0.1) is 4.47 Å². The molecule has 0 aliphatic carbocycles. The molecule has 2 rings (SSSR count). The zero-order valence-electron chi connectivity index (χ0n) is 9.81. The minimum absolute atomic E-state index is 0.306. The van der Waals surface area contributed by atoms with Crippen LogP contribution in [0, 0.1) is 5.82 Å². The molecule has 1 atom stereocenters. The van der Waals surface area contributed by atoms with Gasteiger partial charge in [-0.2, -0.15) is 0 Å². The SMILES string of the molecule is O=C(O)C(Nc1ccccc1)c1ccc(Br)c(F)c1. The van der Waals surface area contributed by atoms with E-state index in [4.69, 9.17) is 0 Å². The molecule has 1 unspecified atom stereocenters. The highest BCUT2D eigenvalue weighted by atomic mass is 79.9. The Morgan fingerprint density at radius 1 is 1.21 bits per heavy atom. The number of para-hydroxylation sites is 1. The van der Waals surface area contributed by atoms with Crippen LogP contribution >= 0.6 is 15.9 Å². The average molecular weight is 324 g/mol. The highest BCUT2D eigenvalue weighted by molar-refractivity contribution is 9.10. The lowest BCUT2D eigenvalue weighted by atomic mass is 10.1. The topological polar surface area (TPSA) is 49.3 Å². The third-order valence-electron chi connectivity index (χ3n) is 2.61. The maximum Gasteiger partial charge on any atom is 0.330 e. The molecule has 0 saturated heterocycles. The van der Waals surface area contributed by atoms with Gasteiger partial charge in [-0.1, -0.05) is 24.3 Å².